The Bertz CT molecular complexity index is 380. The van der Waals surface area contributed by atoms with Crippen molar-refractivity contribution in [2.24, 2.45) is 5.41 Å². The number of nitrogens with one attached hydrogen (secondary N) is 1. The van der Waals surface area contributed by atoms with Crippen LogP contribution in [-0.4, -0.2) is 30.6 Å². The van der Waals surface area contributed by atoms with Gasteiger partial charge in [-0.2, -0.15) is 0 Å². The van der Waals surface area contributed by atoms with Crippen molar-refractivity contribution in [3.8, 4) is 0 Å². The summed E-state index contributed by atoms with van der Waals surface area (Å²) in [6, 6.07) is 11.5. The van der Waals surface area contributed by atoms with Crippen LogP contribution < -0.4 is 5.32 Å². The van der Waals surface area contributed by atoms with E-state index in [1.807, 2.05) is 0 Å². The number of rotatable bonds is 6. The van der Waals surface area contributed by atoms with E-state index >= 15 is 0 Å². The third-order valence-electron chi connectivity index (χ3n) is 4.91. The Morgan fingerprint density at radius 3 is 2.35 bits per heavy atom. The molecular formula is C18H30N2. The predicted molar refractivity (Wildman–Crippen MR) is 86.8 cm³/mol. The lowest BCUT2D eigenvalue weighted by molar-refractivity contribution is 0.0814. The van der Waals surface area contributed by atoms with Crippen molar-refractivity contribution >= 4 is 0 Å². The van der Waals surface area contributed by atoms with Crippen molar-refractivity contribution in [2.75, 3.05) is 19.6 Å². The molecule has 1 aliphatic rings. The lowest BCUT2D eigenvalue weighted by Gasteiger charge is -2.42. The molecule has 1 aromatic rings. The molecule has 0 amide bonds. The lowest BCUT2D eigenvalue weighted by Crippen LogP contribution is -2.46. The first-order chi connectivity index (χ1) is 9.65. The van der Waals surface area contributed by atoms with Crippen LogP contribution in [0.3, 0.4) is 0 Å². The standard InChI is InChI=1S/C18H30N2/c1-4-18(10-12-19-13-11-18)15-20(16(2)3)14-17-8-6-5-7-9-17/h5-9,16,19H,4,10-15H2,1-3H3. The summed E-state index contributed by atoms with van der Waals surface area (Å²) in [5.74, 6) is 0. The maximum Gasteiger partial charge on any atom is 0.0236 e. The minimum Gasteiger partial charge on any atom is -0.317 e. The van der Waals surface area contributed by atoms with Crippen molar-refractivity contribution in [3.05, 3.63) is 35.9 Å². The van der Waals surface area contributed by atoms with Crippen molar-refractivity contribution in [1.29, 1.82) is 0 Å². The fraction of sp³-hybridized carbons (Fsp3) is 0.667. The topological polar surface area (TPSA) is 15.3 Å². The third kappa shape index (κ3) is 4.07. The van der Waals surface area contributed by atoms with Crippen LogP contribution in [0.5, 0.6) is 0 Å². The average Bonchev–Trinajstić information content (AvgIpc) is 2.48. The van der Waals surface area contributed by atoms with Gasteiger partial charge >= 0.3 is 0 Å². The number of hydrogen-bond acceptors (Lipinski definition) is 2. The molecular weight excluding hydrogens is 244 g/mol. The highest BCUT2D eigenvalue weighted by atomic mass is 15.2. The molecule has 2 heteroatoms. The quantitative estimate of drug-likeness (QED) is 0.851. The number of piperidine rings is 1. The Hall–Kier alpha value is -0.860. The molecule has 1 heterocycles. The average molecular weight is 274 g/mol. The maximum atomic E-state index is 3.51. The summed E-state index contributed by atoms with van der Waals surface area (Å²) in [6.45, 7) is 11.7. The zero-order chi connectivity index (χ0) is 14.4. The van der Waals surface area contributed by atoms with Gasteiger partial charge in [0.15, 0.2) is 0 Å². The summed E-state index contributed by atoms with van der Waals surface area (Å²) in [5.41, 5.74) is 1.95. The minimum absolute atomic E-state index is 0.518. The van der Waals surface area contributed by atoms with Gasteiger partial charge in [-0.05, 0) is 57.2 Å². The summed E-state index contributed by atoms with van der Waals surface area (Å²) in [4.78, 5) is 2.66. The normalized spacial score (nSPS) is 18.6. The van der Waals surface area contributed by atoms with Gasteiger partial charge in [-0.25, -0.2) is 0 Å². The van der Waals surface area contributed by atoms with Crippen LogP contribution in [-0.2, 0) is 6.54 Å². The van der Waals surface area contributed by atoms with Gasteiger partial charge in [-0.15, -0.1) is 0 Å². The Balaban J connectivity index is 2.04. The first-order valence-electron chi connectivity index (χ1n) is 8.14. The summed E-state index contributed by atoms with van der Waals surface area (Å²) in [5, 5.41) is 3.51. The van der Waals surface area contributed by atoms with E-state index in [2.05, 4.69) is 61.3 Å². The summed E-state index contributed by atoms with van der Waals surface area (Å²) < 4.78 is 0. The third-order valence-corrected chi connectivity index (χ3v) is 4.91. The molecule has 0 aliphatic carbocycles. The first kappa shape index (κ1) is 15.5. The van der Waals surface area contributed by atoms with Crippen molar-refractivity contribution in [1.82, 2.24) is 10.2 Å². The van der Waals surface area contributed by atoms with Gasteiger partial charge in [0.25, 0.3) is 0 Å². The molecule has 2 nitrogen and oxygen atoms in total. The largest absolute Gasteiger partial charge is 0.317 e. The molecule has 112 valence electrons. The number of hydrogen-bond donors (Lipinski definition) is 1. The van der Waals surface area contributed by atoms with Crippen LogP contribution >= 0.6 is 0 Å². The molecule has 1 aliphatic heterocycles. The second-order valence-corrected chi connectivity index (χ2v) is 6.59. The molecule has 0 saturated carbocycles. The SMILES string of the molecule is CCC1(CN(Cc2ccccc2)C(C)C)CCNCC1. The van der Waals surface area contributed by atoms with Gasteiger partial charge in [0.1, 0.15) is 0 Å². The molecule has 0 spiro atoms. The van der Waals surface area contributed by atoms with Gasteiger partial charge in [0, 0.05) is 19.1 Å². The van der Waals surface area contributed by atoms with E-state index in [9.17, 15) is 0 Å². The summed E-state index contributed by atoms with van der Waals surface area (Å²) in [7, 11) is 0. The number of benzene rings is 1. The van der Waals surface area contributed by atoms with Crippen LogP contribution in [0.15, 0.2) is 30.3 Å². The molecule has 1 N–H and O–H groups in total. The lowest BCUT2D eigenvalue weighted by atomic mass is 9.76. The van der Waals surface area contributed by atoms with Crippen LogP contribution in [0.4, 0.5) is 0 Å². The van der Waals surface area contributed by atoms with E-state index in [4.69, 9.17) is 0 Å². The Kier molecular flexibility index (Phi) is 5.62. The molecule has 0 atom stereocenters. The minimum atomic E-state index is 0.518. The van der Waals surface area contributed by atoms with Gasteiger partial charge in [0.2, 0.25) is 0 Å². The van der Waals surface area contributed by atoms with Crippen molar-refractivity contribution in [3.63, 3.8) is 0 Å². The van der Waals surface area contributed by atoms with Gasteiger partial charge in [0.05, 0.1) is 0 Å². The zero-order valence-electron chi connectivity index (χ0n) is 13.4. The molecule has 2 rings (SSSR count). The second kappa shape index (κ2) is 7.24. The van der Waals surface area contributed by atoms with Crippen LogP contribution in [0, 0.1) is 5.41 Å². The first-order valence-corrected chi connectivity index (χ1v) is 8.14. The highest BCUT2D eigenvalue weighted by Crippen LogP contribution is 2.34. The predicted octanol–water partition coefficient (Wildman–Crippen LogP) is 3.68. The molecule has 0 radical (unpaired) electrons. The maximum absolute atomic E-state index is 3.51. The molecule has 20 heavy (non-hydrogen) atoms. The van der Waals surface area contributed by atoms with Gasteiger partial charge in [-0.3, -0.25) is 4.90 Å². The Morgan fingerprint density at radius 1 is 1.15 bits per heavy atom. The molecule has 0 unspecified atom stereocenters. The number of nitrogens with zero attached hydrogens (tertiary/aromatic N) is 1. The van der Waals surface area contributed by atoms with Crippen molar-refractivity contribution < 1.29 is 0 Å². The van der Waals surface area contributed by atoms with Crippen LogP contribution in [0.2, 0.25) is 0 Å². The van der Waals surface area contributed by atoms with E-state index in [0.29, 0.717) is 11.5 Å². The van der Waals surface area contributed by atoms with Crippen LogP contribution in [0.1, 0.15) is 45.6 Å². The van der Waals surface area contributed by atoms with Crippen LogP contribution in [0.25, 0.3) is 0 Å². The Labute approximate surface area is 124 Å². The van der Waals surface area contributed by atoms with Gasteiger partial charge < -0.3 is 5.32 Å². The van der Waals surface area contributed by atoms with E-state index in [1.54, 1.807) is 0 Å². The molecule has 1 aromatic carbocycles. The zero-order valence-corrected chi connectivity index (χ0v) is 13.4. The smallest absolute Gasteiger partial charge is 0.0236 e. The van der Waals surface area contributed by atoms with Crippen molar-refractivity contribution in [2.45, 2.75) is 52.6 Å². The fourth-order valence-electron chi connectivity index (χ4n) is 3.25. The van der Waals surface area contributed by atoms with E-state index in [1.165, 1.54) is 44.5 Å². The summed E-state index contributed by atoms with van der Waals surface area (Å²) >= 11 is 0. The second-order valence-electron chi connectivity index (χ2n) is 6.59. The fourth-order valence-corrected chi connectivity index (χ4v) is 3.25. The monoisotopic (exact) mass is 274 g/mol. The molecule has 0 aromatic heterocycles. The van der Waals surface area contributed by atoms with E-state index in [0.717, 1.165) is 6.54 Å². The molecule has 0 bridgehead atoms. The van der Waals surface area contributed by atoms with E-state index in [-0.39, 0.29) is 0 Å². The molecule has 1 saturated heterocycles. The highest BCUT2D eigenvalue weighted by Gasteiger charge is 2.32. The summed E-state index contributed by atoms with van der Waals surface area (Å²) in [6.07, 6.45) is 3.94. The Morgan fingerprint density at radius 2 is 1.80 bits per heavy atom. The molecule has 1 fully saturated rings. The van der Waals surface area contributed by atoms with Gasteiger partial charge in [-0.1, -0.05) is 37.3 Å². The van der Waals surface area contributed by atoms with E-state index < -0.39 is 0 Å². The highest BCUT2D eigenvalue weighted by molar-refractivity contribution is 5.14.